The number of nitrogens with one attached hydrogen (secondary N) is 3. The molecule has 0 saturated carbocycles. The van der Waals surface area contributed by atoms with Crippen LogP contribution in [0.3, 0.4) is 0 Å². The molecule has 5 rings (SSSR count). The second-order valence-corrected chi connectivity index (χ2v) is 7.99. The zero-order valence-electron chi connectivity index (χ0n) is 16.9. The largest absolute Gasteiger partial charge is 0.296 e. The van der Waals surface area contributed by atoms with Gasteiger partial charge >= 0.3 is 0 Å². The number of nitrogens with zero attached hydrogens (tertiary/aromatic N) is 2. The van der Waals surface area contributed by atoms with Crippen molar-refractivity contribution in [2.75, 3.05) is 11.4 Å². The van der Waals surface area contributed by atoms with Crippen molar-refractivity contribution in [1.29, 1.82) is 0 Å². The average molecular weight is 432 g/mol. The van der Waals surface area contributed by atoms with Crippen LogP contribution in [0.2, 0.25) is 5.02 Å². The van der Waals surface area contributed by atoms with Crippen molar-refractivity contribution in [3.63, 3.8) is 0 Å². The van der Waals surface area contributed by atoms with E-state index in [0.717, 1.165) is 46.1 Å². The number of carbonyl (C=O) groups is 1. The van der Waals surface area contributed by atoms with Crippen LogP contribution in [0.1, 0.15) is 19.3 Å². The molecule has 156 valence electrons. The second kappa shape index (κ2) is 8.32. The predicted octanol–water partition coefficient (Wildman–Crippen LogP) is 5.85. The molecule has 31 heavy (non-hydrogen) atoms. The minimum Gasteiger partial charge on any atom is -0.296 e. The average Bonchev–Trinajstić information content (AvgIpc) is 3.08. The Labute approximate surface area is 184 Å². The molecule has 7 heteroatoms. The zero-order chi connectivity index (χ0) is 21.2. The van der Waals surface area contributed by atoms with Crippen molar-refractivity contribution < 1.29 is 4.79 Å². The van der Waals surface area contributed by atoms with Gasteiger partial charge in [0.25, 0.3) is 0 Å². The van der Waals surface area contributed by atoms with E-state index in [4.69, 9.17) is 16.6 Å². The molecule has 0 atom stereocenters. The highest BCUT2D eigenvalue weighted by Crippen LogP contribution is 2.43. The molecule has 4 aromatic rings. The minimum atomic E-state index is 0.100. The fraction of sp³-hybridized carbons (Fsp3) is 0.167. The predicted molar refractivity (Wildman–Crippen MR) is 125 cm³/mol. The Balaban J connectivity index is 1.93. The van der Waals surface area contributed by atoms with E-state index < -0.39 is 0 Å². The molecule has 1 saturated heterocycles. The van der Waals surface area contributed by atoms with E-state index in [0.29, 0.717) is 23.8 Å². The maximum Gasteiger partial charge on any atom is 0.228 e. The Hall–Kier alpha value is -3.51. The first-order valence-electron chi connectivity index (χ1n) is 10.4. The van der Waals surface area contributed by atoms with Gasteiger partial charge in [0.1, 0.15) is 5.82 Å². The lowest BCUT2D eigenvalue weighted by atomic mass is 9.93. The summed E-state index contributed by atoms with van der Waals surface area (Å²) in [6.45, 7) is 0.654. The first-order chi connectivity index (χ1) is 15.2. The van der Waals surface area contributed by atoms with Crippen molar-refractivity contribution >= 4 is 34.2 Å². The molecule has 0 bridgehead atoms. The smallest absolute Gasteiger partial charge is 0.228 e. The van der Waals surface area contributed by atoms with Crippen LogP contribution in [-0.2, 0) is 4.79 Å². The fourth-order valence-corrected chi connectivity index (χ4v) is 4.30. The van der Waals surface area contributed by atoms with Crippen molar-refractivity contribution in [3.05, 3.63) is 71.9 Å². The number of amides is 1. The molecule has 2 aromatic carbocycles. The van der Waals surface area contributed by atoms with Gasteiger partial charge in [-0.15, -0.1) is 0 Å². The highest BCUT2D eigenvalue weighted by Gasteiger charge is 2.27. The van der Waals surface area contributed by atoms with Crippen LogP contribution < -0.4 is 4.90 Å². The third-order valence-corrected chi connectivity index (χ3v) is 5.79. The monoisotopic (exact) mass is 431 g/mol. The van der Waals surface area contributed by atoms with Gasteiger partial charge in [0.2, 0.25) is 5.91 Å². The highest BCUT2D eigenvalue weighted by molar-refractivity contribution is 6.31. The number of H-pyrrole nitrogens is 3. The molecule has 3 heterocycles. The summed E-state index contributed by atoms with van der Waals surface area (Å²) in [5, 5.41) is 10.7. The SMILES string of the molecule is O=C1CCCCN1c1nc2ccc(Cl)cc2c(-c2ccccc2)c1-c1ccc[nH][nH][nH]1. The number of rotatable bonds is 3. The van der Waals surface area contributed by atoms with Crippen LogP contribution in [0.15, 0.2) is 66.9 Å². The van der Waals surface area contributed by atoms with Crippen molar-refractivity contribution in [3.8, 4) is 22.4 Å². The van der Waals surface area contributed by atoms with Crippen LogP contribution in [0.5, 0.6) is 0 Å². The molecule has 0 radical (unpaired) electrons. The number of piperidine rings is 1. The number of benzene rings is 2. The normalized spacial score (nSPS) is 14.1. The van der Waals surface area contributed by atoms with Crippen LogP contribution in [-0.4, -0.2) is 32.8 Å². The molecule has 6 nitrogen and oxygen atoms in total. The summed E-state index contributed by atoms with van der Waals surface area (Å²) in [7, 11) is 0. The number of carbonyl (C=O) groups excluding carboxylic acids is 1. The molecule has 1 amide bonds. The van der Waals surface area contributed by atoms with Gasteiger partial charge in [0, 0.05) is 35.1 Å². The summed E-state index contributed by atoms with van der Waals surface area (Å²) in [5.41, 5.74) is 4.48. The van der Waals surface area contributed by atoms with Gasteiger partial charge in [-0.3, -0.25) is 19.9 Å². The van der Waals surface area contributed by atoms with Gasteiger partial charge in [0.05, 0.1) is 16.8 Å². The summed E-state index contributed by atoms with van der Waals surface area (Å²) >= 11 is 6.40. The lowest BCUT2D eigenvalue weighted by Gasteiger charge is -2.29. The Morgan fingerprint density at radius 1 is 0.968 bits per heavy atom. The Morgan fingerprint density at radius 2 is 1.84 bits per heavy atom. The standard InChI is InChI=1S/C24H22ClN5O/c25-17-11-12-19-18(15-17)22(16-7-2-1-3-8-16)23(20-9-6-13-26-29-28-20)24(27-19)30-14-5-4-10-21(30)31/h1-3,6-9,11-13,15,26,28-29H,4-5,10,14H2. The lowest BCUT2D eigenvalue weighted by Crippen LogP contribution is -2.36. The van der Waals surface area contributed by atoms with E-state index >= 15 is 0 Å². The van der Waals surface area contributed by atoms with E-state index in [2.05, 4.69) is 27.5 Å². The van der Waals surface area contributed by atoms with E-state index in [1.54, 1.807) is 6.20 Å². The molecule has 3 N–H and O–H groups in total. The Bertz CT molecular complexity index is 1270. The van der Waals surface area contributed by atoms with Gasteiger partial charge in [-0.05, 0) is 48.7 Å². The summed E-state index contributed by atoms with van der Waals surface area (Å²) in [5.74, 6) is 0.761. The van der Waals surface area contributed by atoms with Crippen molar-refractivity contribution in [1.82, 2.24) is 20.4 Å². The lowest BCUT2D eigenvalue weighted by molar-refractivity contribution is -0.119. The molecule has 0 aliphatic carbocycles. The first-order valence-corrected chi connectivity index (χ1v) is 10.7. The summed E-state index contributed by atoms with van der Waals surface area (Å²) in [6.07, 6.45) is 4.19. The molecule has 1 fully saturated rings. The van der Waals surface area contributed by atoms with E-state index in [9.17, 15) is 4.79 Å². The second-order valence-electron chi connectivity index (χ2n) is 7.55. The highest BCUT2D eigenvalue weighted by atomic mass is 35.5. The van der Waals surface area contributed by atoms with Crippen molar-refractivity contribution in [2.45, 2.75) is 19.3 Å². The van der Waals surface area contributed by atoms with Crippen molar-refractivity contribution in [2.24, 2.45) is 0 Å². The molecule has 1 aliphatic rings. The first kappa shape index (κ1) is 19.5. The zero-order valence-corrected chi connectivity index (χ0v) is 17.6. The quantitative estimate of drug-likeness (QED) is 0.380. The van der Waals surface area contributed by atoms with Crippen LogP contribution in [0.4, 0.5) is 5.82 Å². The molecule has 2 aromatic heterocycles. The van der Waals surface area contributed by atoms with Crippen LogP contribution in [0, 0.1) is 0 Å². The summed E-state index contributed by atoms with van der Waals surface area (Å²) < 4.78 is 0. The van der Waals surface area contributed by atoms with Gasteiger partial charge in [0.15, 0.2) is 0 Å². The maximum atomic E-state index is 12.9. The molecule has 0 spiro atoms. The fourth-order valence-electron chi connectivity index (χ4n) is 4.13. The third-order valence-electron chi connectivity index (χ3n) is 5.55. The maximum absolute atomic E-state index is 12.9. The number of fused-ring (bicyclic) bond motifs is 1. The van der Waals surface area contributed by atoms with Gasteiger partial charge in [-0.2, -0.15) is 0 Å². The minimum absolute atomic E-state index is 0.100. The van der Waals surface area contributed by atoms with Gasteiger partial charge in [-0.25, -0.2) is 10.2 Å². The number of aromatic amines is 3. The molecule has 0 unspecified atom stereocenters. The Morgan fingerprint density at radius 3 is 2.68 bits per heavy atom. The summed E-state index contributed by atoms with van der Waals surface area (Å²) in [6, 6.07) is 19.7. The number of hydrogen-bond acceptors (Lipinski definition) is 2. The molecular formula is C24H22ClN5O. The Kier molecular flexibility index (Phi) is 5.22. The molecule has 1 aliphatic heterocycles. The number of hydrogen-bond donors (Lipinski definition) is 3. The topological polar surface area (TPSA) is 80.6 Å². The van der Waals surface area contributed by atoms with Gasteiger partial charge in [-0.1, -0.05) is 41.9 Å². The molecular weight excluding hydrogens is 410 g/mol. The number of anilines is 1. The van der Waals surface area contributed by atoms with E-state index in [1.165, 1.54) is 0 Å². The summed E-state index contributed by atoms with van der Waals surface area (Å²) in [4.78, 5) is 19.7. The van der Waals surface area contributed by atoms with E-state index in [1.807, 2.05) is 53.4 Å². The van der Waals surface area contributed by atoms with E-state index in [-0.39, 0.29) is 5.91 Å². The number of halogens is 1. The van der Waals surface area contributed by atoms with Crippen LogP contribution >= 0.6 is 11.6 Å². The van der Waals surface area contributed by atoms with Crippen LogP contribution in [0.25, 0.3) is 33.3 Å². The number of pyridine rings is 1. The van der Waals surface area contributed by atoms with Gasteiger partial charge < -0.3 is 0 Å². The number of aromatic nitrogens is 4. The third kappa shape index (κ3) is 3.70.